The van der Waals surface area contributed by atoms with Gasteiger partial charge in [0.1, 0.15) is 5.69 Å². The van der Waals surface area contributed by atoms with Gasteiger partial charge in [0.05, 0.1) is 13.2 Å². The monoisotopic (exact) mass is 316 g/mol. The van der Waals surface area contributed by atoms with Gasteiger partial charge in [0.2, 0.25) is 0 Å². The van der Waals surface area contributed by atoms with Gasteiger partial charge in [-0.3, -0.25) is 4.79 Å². The van der Waals surface area contributed by atoms with Crippen LogP contribution < -0.4 is 20.3 Å². The lowest BCUT2D eigenvalue weighted by atomic mass is 10.1. The van der Waals surface area contributed by atoms with E-state index < -0.39 is 0 Å². The molecule has 5 heteroatoms. The van der Waals surface area contributed by atoms with E-state index in [-0.39, 0.29) is 5.56 Å². The van der Waals surface area contributed by atoms with Gasteiger partial charge in [-0.2, -0.15) is 0 Å². The Labute approximate surface area is 136 Å². The number of hydrogen-bond acceptors (Lipinski definition) is 4. The highest BCUT2D eigenvalue weighted by atomic mass is 16.5. The van der Waals surface area contributed by atoms with E-state index in [2.05, 4.69) is 12.2 Å². The third-order valence-electron chi connectivity index (χ3n) is 3.40. The number of rotatable bonds is 8. The molecule has 0 aliphatic carbocycles. The van der Waals surface area contributed by atoms with E-state index in [1.807, 2.05) is 31.2 Å². The summed E-state index contributed by atoms with van der Waals surface area (Å²) >= 11 is 0. The summed E-state index contributed by atoms with van der Waals surface area (Å²) in [5.41, 5.74) is 1.48. The van der Waals surface area contributed by atoms with E-state index in [9.17, 15) is 4.79 Å². The largest absolute Gasteiger partial charge is 0.490 e. The average molecular weight is 316 g/mol. The lowest BCUT2D eigenvalue weighted by Gasteiger charge is -2.16. The molecule has 0 saturated heterocycles. The molecule has 0 amide bonds. The third kappa shape index (κ3) is 4.28. The SMILES string of the molecule is CCCOc1c(CNc2cccn(C)c2=O)cccc1OCC. The number of anilines is 1. The molecule has 0 aliphatic rings. The van der Waals surface area contributed by atoms with Crippen LogP contribution >= 0.6 is 0 Å². The standard InChI is InChI=1S/C18H24N2O3/c1-4-12-23-17-14(8-6-10-16(17)22-5-2)13-19-15-9-7-11-20(3)18(15)21/h6-11,19H,4-5,12-13H2,1-3H3. The van der Waals surface area contributed by atoms with Gasteiger partial charge in [-0.15, -0.1) is 0 Å². The van der Waals surface area contributed by atoms with Gasteiger partial charge in [0.15, 0.2) is 11.5 Å². The highest BCUT2D eigenvalue weighted by Crippen LogP contribution is 2.32. The smallest absolute Gasteiger partial charge is 0.273 e. The Morgan fingerprint density at radius 3 is 2.70 bits per heavy atom. The highest BCUT2D eigenvalue weighted by Gasteiger charge is 2.11. The van der Waals surface area contributed by atoms with Crippen LogP contribution in [0.15, 0.2) is 41.3 Å². The van der Waals surface area contributed by atoms with Gasteiger partial charge >= 0.3 is 0 Å². The molecule has 1 N–H and O–H groups in total. The molecule has 124 valence electrons. The normalized spacial score (nSPS) is 10.4. The lowest BCUT2D eigenvalue weighted by Crippen LogP contribution is -2.20. The molecule has 0 unspecified atom stereocenters. The fourth-order valence-electron chi connectivity index (χ4n) is 2.26. The van der Waals surface area contributed by atoms with Crippen molar-refractivity contribution < 1.29 is 9.47 Å². The topological polar surface area (TPSA) is 52.5 Å². The molecular formula is C18H24N2O3. The van der Waals surface area contributed by atoms with E-state index in [0.717, 1.165) is 23.5 Å². The summed E-state index contributed by atoms with van der Waals surface area (Å²) in [6.07, 6.45) is 2.66. The molecule has 1 aromatic heterocycles. The fourth-order valence-corrected chi connectivity index (χ4v) is 2.26. The predicted molar refractivity (Wildman–Crippen MR) is 92.4 cm³/mol. The van der Waals surface area contributed by atoms with Crippen LogP contribution in [-0.4, -0.2) is 17.8 Å². The van der Waals surface area contributed by atoms with E-state index in [4.69, 9.17) is 9.47 Å². The second-order valence-electron chi connectivity index (χ2n) is 5.22. The van der Waals surface area contributed by atoms with Gasteiger partial charge < -0.3 is 19.4 Å². The van der Waals surface area contributed by atoms with E-state index >= 15 is 0 Å². The van der Waals surface area contributed by atoms with Crippen LogP contribution in [0.25, 0.3) is 0 Å². The Kier molecular flexibility index (Phi) is 6.09. The van der Waals surface area contributed by atoms with Crippen LogP contribution in [0.2, 0.25) is 0 Å². The van der Waals surface area contributed by atoms with Crippen molar-refractivity contribution in [3.05, 3.63) is 52.4 Å². The Bertz CT molecular complexity index is 695. The van der Waals surface area contributed by atoms with Gasteiger partial charge in [-0.05, 0) is 31.5 Å². The molecule has 1 aromatic carbocycles. The zero-order valence-corrected chi connectivity index (χ0v) is 14.0. The quantitative estimate of drug-likeness (QED) is 0.812. The first-order valence-electron chi connectivity index (χ1n) is 7.94. The van der Waals surface area contributed by atoms with Crippen LogP contribution in [0.4, 0.5) is 5.69 Å². The van der Waals surface area contributed by atoms with Crippen molar-refractivity contribution in [1.82, 2.24) is 4.57 Å². The molecule has 0 saturated carbocycles. The summed E-state index contributed by atoms with van der Waals surface area (Å²) in [5, 5.41) is 3.19. The number of aryl methyl sites for hydroxylation is 1. The summed E-state index contributed by atoms with van der Waals surface area (Å²) in [5.74, 6) is 1.48. The van der Waals surface area contributed by atoms with Gasteiger partial charge in [0, 0.05) is 25.4 Å². The Hall–Kier alpha value is -2.43. The van der Waals surface area contributed by atoms with Crippen LogP contribution in [0.1, 0.15) is 25.8 Å². The molecule has 2 aromatic rings. The van der Waals surface area contributed by atoms with Crippen molar-refractivity contribution >= 4 is 5.69 Å². The van der Waals surface area contributed by atoms with Gasteiger partial charge in [0.25, 0.3) is 5.56 Å². The molecule has 5 nitrogen and oxygen atoms in total. The second kappa shape index (κ2) is 8.27. The number of para-hydroxylation sites is 1. The number of nitrogens with one attached hydrogen (secondary N) is 1. The maximum absolute atomic E-state index is 12.1. The van der Waals surface area contributed by atoms with Crippen LogP contribution in [0, 0.1) is 0 Å². The average Bonchev–Trinajstić information content (AvgIpc) is 2.55. The zero-order chi connectivity index (χ0) is 16.7. The summed E-state index contributed by atoms with van der Waals surface area (Å²) in [7, 11) is 1.74. The van der Waals surface area contributed by atoms with Crippen molar-refractivity contribution in [3.63, 3.8) is 0 Å². The molecule has 23 heavy (non-hydrogen) atoms. The lowest BCUT2D eigenvalue weighted by molar-refractivity contribution is 0.274. The molecule has 2 rings (SSSR count). The Balaban J connectivity index is 2.22. The first-order valence-corrected chi connectivity index (χ1v) is 7.94. The maximum Gasteiger partial charge on any atom is 0.273 e. The second-order valence-corrected chi connectivity index (χ2v) is 5.22. The van der Waals surface area contributed by atoms with E-state index in [1.54, 1.807) is 23.9 Å². The van der Waals surface area contributed by atoms with Crippen molar-refractivity contribution in [2.45, 2.75) is 26.8 Å². The van der Waals surface area contributed by atoms with Gasteiger partial charge in [-0.1, -0.05) is 19.1 Å². The third-order valence-corrected chi connectivity index (χ3v) is 3.40. The molecular weight excluding hydrogens is 292 g/mol. The van der Waals surface area contributed by atoms with Crippen molar-refractivity contribution in [3.8, 4) is 11.5 Å². The highest BCUT2D eigenvalue weighted by molar-refractivity contribution is 5.49. The van der Waals surface area contributed by atoms with Crippen LogP contribution in [0.5, 0.6) is 11.5 Å². The Morgan fingerprint density at radius 2 is 1.96 bits per heavy atom. The minimum Gasteiger partial charge on any atom is -0.490 e. The van der Waals surface area contributed by atoms with Gasteiger partial charge in [-0.25, -0.2) is 0 Å². The fraction of sp³-hybridized carbons (Fsp3) is 0.389. The summed E-state index contributed by atoms with van der Waals surface area (Å²) in [6.45, 7) is 5.72. The maximum atomic E-state index is 12.1. The van der Waals surface area contributed by atoms with Crippen LogP contribution in [-0.2, 0) is 13.6 Å². The summed E-state index contributed by atoms with van der Waals surface area (Å²) in [4.78, 5) is 12.1. The molecule has 0 bridgehead atoms. The predicted octanol–water partition coefficient (Wildman–Crippen LogP) is 3.18. The number of ether oxygens (including phenoxy) is 2. The number of pyridine rings is 1. The van der Waals surface area contributed by atoms with Crippen LogP contribution in [0.3, 0.4) is 0 Å². The molecule has 0 aliphatic heterocycles. The number of benzene rings is 1. The minimum atomic E-state index is -0.0514. The first-order chi connectivity index (χ1) is 11.2. The molecule has 0 atom stereocenters. The number of aromatic nitrogens is 1. The minimum absolute atomic E-state index is 0.0514. The van der Waals surface area contributed by atoms with E-state index in [0.29, 0.717) is 25.4 Å². The summed E-state index contributed by atoms with van der Waals surface area (Å²) < 4.78 is 13.1. The van der Waals surface area contributed by atoms with Crippen molar-refractivity contribution in [2.24, 2.45) is 7.05 Å². The molecule has 1 heterocycles. The van der Waals surface area contributed by atoms with E-state index in [1.165, 1.54) is 0 Å². The van der Waals surface area contributed by atoms with Crippen molar-refractivity contribution in [1.29, 1.82) is 0 Å². The zero-order valence-electron chi connectivity index (χ0n) is 14.0. The molecule has 0 radical (unpaired) electrons. The molecule has 0 spiro atoms. The summed E-state index contributed by atoms with van der Waals surface area (Å²) in [6, 6.07) is 9.44. The Morgan fingerprint density at radius 1 is 1.13 bits per heavy atom. The number of hydrogen-bond donors (Lipinski definition) is 1. The van der Waals surface area contributed by atoms with Crippen molar-refractivity contribution in [2.75, 3.05) is 18.5 Å². The number of nitrogens with zero attached hydrogens (tertiary/aromatic N) is 1. The molecule has 0 fully saturated rings. The first kappa shape index (κ1) is 16.9.